The summed E-state index contributed by atoms with van der Waals surface area (Å²) in [5.74, 6) is -0.183. The number of benzene rings is 3. The number of sulfonamides is 1. The van der Waals surface area contributed by atoms with Crippen LogP contribution in [0.5, 0.6) is 0 Å². The first-order valence-electron chi connectivity index (χ1n) is 10.4. The van der Waals surface area contributed by atoms with Crippen molar-refractivity contribution in [3.63, 3.8) is 0 Å². The number of aryl methyl sites for hydroxylation is 2. The van der Waals surface area contributed by atoms with Crippen LogP contribution in [-0.4, -0.2) is 27.1 Å². The van der Waals surface area contributed by atoms with E-state index in [1.54, 1.807) is 42.5 Å². The van der Waals surface area contributed by atoms with Crippen molar-refractivity contribution in [2.24, 2.45) is 0 Å². The fraction of sp³-hybridized carbons (Fsp3) is 0.240. The maximum absolute atomic E-state index is 12.5. The number of halogens is 1. The van der Waals surface area contributed by atoms with E-state index in [9.17, 15) is 13.2 Å². The Hall–Kier alpha value is -2.83. The molecule has 0 aliphatic heterocycles. The highest BCUT2D eigenvalue weighted by Gasteiger charge is 2.19. The topological polar surface area (TPSA) is 66.5 Å². The SMILES string of the molecule is Cc1ccc(CCCNC(=O)c2ccc(N(Cc3ccccc3Cl)S(C)(=O)=O)cc2)cc1. The Balaban J connectivity index is 1.61. The molecule has 0 spiro atoms. The molecule has 1 amide bonds. The van der Waals surface area contributed by atoms with Crippen molar-refractivity contribution in [2.75, 3.05) is 17.1 Å². The smallest absolute Gasteiger partial charge is 0.251 e. The number of hydrogen-bond donors (Lipinski definition) is 1. The minimum absolute atomic E-state index is 0.114. The van der Waals surface area contributed by atoms with Gasteiger partial charge in [0.05, 0.1) is 18.5 Å². The van der Waals surface area contributed by atoms with Crippen LogP contribution in [-0.2, 0) is 23.0 Å². The standard InChI is InChI=1S/C25H27ClN2O3S/c1-19-9-11-20(12-10-19)6-5-17-27-25(29)21-13-15-23(16-14-21)28(32(2,30)31)18-22-7-3-4-8-24(22)26/h3-4,7-16H,5-6,17-18H2,1-2H3,(H,27,29). The molecule has 7 heteroatoms. The first kappa shape index (κ1) is 23.8. The largest absolute Gasteiger partial charge is 0.352 e. The van der Waals surface area contributed by atoms with Crippen LogP contribution in [0.3, 0.4) is 0 Å². The van der Waals surface area contributed by atoms with E-state index in [0.29, 0.717) is 28.4 Å². The Morgan fingerprint density at radius 3 is 2.25 bits per heavy atom. The summed E-state index contributed by atoms with van der Waals surface area (Å²) in [4.78, 5) is 12.5. The summed E-state index contributed by atoms with van der Waals surface area (Å²) < 4.78 is 26.0. The molecule has 3 aromatic carbocycles. The average molecular weight is 471 g/mol. The molecule has 5 nitrogen and oxygen atoms in total. The van der Waals surface area contributed by atoms with Gasteiger partial charge in [-0.3, -0.25) is 9.10 Å². The minimum atomic E-state index is -3.54. The van der Waals surface area contributed by atoms with Crippen LogP contribution in [0.2, 0.25) is 5.02 Å². The Kier molecular flexibility index (Phi) is 7.94. The van der Waals surface area contributed by atoms with Crippen molar-refractivity contribution in [3.8, 4) is 0 Å². The lowest BCUT2D eigenvalue weighted by atomic mass is 10.1. The van der Waals surface area contributed by atoms with Crippen LogP contribution in [0.4, 0.5) is 5.69 Å². The van der Waals surface area contributed by atoms with E-state index in [0.717, 1.165) is 19.1 Å². The number of carbonyl (C=O) groups excluding carboxylic acids is 1. The van der Waals surface area contributed by atoms with Gasteiger partial charge in [0.1, 0.15) is 0 Å². The molecule has 0 unspecified atom stereocenters. The van der Waals surface area contributed by atoms with Gasteiger partial charge in [-0.2, -0.15) is 0 Å². The normalized spacial score (nSPS) is 11.2. The second-order valence-electron chi connectivity index (χ2n) is 7.75. The molecule has 0 aromatic heterocycles. The van der Waals surface area contributed by atoms with Crippen LogP contribution in [0.25, 0.3) is 0 Å². The van der Waals surface area contributed by atoms with Gasteiger partial charge < -0.3 is 5.32 Å². The van der Waals surface area contributed by atoms with E-state index in [1.807, 2.05) is 6.07 Å². The molecule has 0 fully saturated rings. The van der Waals surface area contributed by atoms with E-state index in [-0.39, 0.29) is 12.5 Å². The molecule has 0 heterocycles. The number of hydrogen-bond acceptors (Lipinski definition) is 3. The van der Waals surface area contributed by atoms with Crippen LogP contribution in [0, 0.1) is 6.92 Å². The number of nitrogens with zero attached hydrogens (tertiary/aromatic N) is 1. The Labute approximate surface area is 195 Å². The van der Waals surface area contributed by atoms with Crippen LogP contribution in [0.15, 0.2) is 72.8 Å². The number of anilines is 1. The molecular formula is C25H27ClN2O3S. The summed E-state index contributed by atoms with van der Waals surface area (Å²) in [5, 5.41) is 3.42. The van der Waals surface area contributed by atoms with Crippen molar-refractivity contribution in [1.82, 2.24) is 5.32 Å². The quantitative estimate of drug-likeness (QED) is 0.448. The van der Waals surface area contributed by atoms with Gasteiger partial charge in [0.25, 0.3) is 5.91 Å². The van der Waals surface area contributed by atoms with E-state index < -0.39 is 10.0 Å². The Morgan fingerprint density at radius 2 is 1.62 bits per heavy atom. The molecular weight excluding hydrogens is 444 g/mol. The number of carbonyl (C=O) groups is 1. The van der Waals surface area contributed by atoms with Crippen molar-refractivity contribution in [1.29, 1.82) is 0 Å². The predicted molar refractivity (Wildman–Crippen MR) is 131 cm³/mol. The van der Waals surface area contributed by atoms with Gasteiger partial charge in [0.2, 0.25) is 10.0 Å². The predicted octanol–water partition coefficient (Wildman–Crippen LogP) is 4.98. The number of nitrogens with one attached hydrogen (secondary N) is 1. The van der Waals surface area contributed by atoms with Crippen molar-refractivity contribution in [2.45, 2.75) is 26.3 Å². The van der Waals surface area contributed by atoms with E-state index in [2.05, 4.69) is 36.5 Å². The third-order valence-corrected chi connectivity index (χ3v) is 6.65. The van der Waals surface area contributed by atoms with Gasteiger partial charge in [0.15, 0.2) is 0 Å². The van der Waals surface area contributed by atoms with Crippen molar-refractivity contribution in [3.05, 3.63) is 100 Å². The molecule has 32 heavy (non-hydrogen) atoms. The van der Waals surface area contributed by atoms with Gasteiger partial charge in [-0.25, -0.2) is 8.42 Å². The second kappa shape index (κ2) is 10.7. The van der Waals surface area contributed by atoms with Crippen molar-refractivity contribution >= 4 is 33.2 Å². The van der Waals surface area contributed by atoms with Gasteiger partial charge >= 0.3 is 0 Å². The first-order valence-corrected chi connectivity index (χ1v) is 12.6. The molecule has 0 bridgehead atoms. The van der Waals surface area contributed by atoms with Gasteiger partial charge in [0, 0.05) is 17.1 Å². The summed E-state index contributed by atoms with van der Waals surface area (Å²) in [6, 6.07) is 22.0. The lowest BCUT2D eigenvalue weighted by Crippen LogP contribution is -2.29. The van der Waals surface area contributed by atoms with E-state index in [1.165, 1.54) is 15.4 Å². The first-order chi connectivity index (χ1) is 15.2. The summed E-state index contributed by atoms with van der Waals surface area (Å²) >= 11 is 6.20. The van der Waals surface area contributed by atoms with Crippen LogP contribution in [0.1, 0.15) is 33.5 Å². The molecule has 1 N–H and O–H groups in total. The van der Waals surface area contributed by atoms with Crippen LogP contribution >= 0.6 is 11.6 Å². The zero-order valence-corrected chi connectivity index (χ0v) is 19.8. The summed E-state index contributed by atoms with van der Waals surface area (Å²) in [6.45, 7) is 2.74. The fourth-order valence-electron chi connectivity index (χ4n) is 3.31. The highest BCUT2D eigenvalue weighted by Crippen LogP contribution is 2.24. The zero-order chi connectivity index (χ0) is 23.1. The molecule has 0 saturated carbocycles. The average Bonchev–Trinajstić information content (AvgIpc) is 2.76. The maximum Gasteiger partial charge on any atom is 0.251 e. The number of amides is 1. The molecule has 0 saturated heterocycles. The maximum atomic E-state index is 12.5. The van der Waals surface area contributed by atoms with Crippen molar-refractivity contribution < 1.29 is 13.2 Å². The minimum Gasteiger partial charge on any atom is -0.352 e. The lowest BCUT2D eigenvalue weighted by Gasteiger charge is -2.23. The van der Waals surface area contributed by atoms with Gasteiger partial charge in [-0.05, 0) is 61.2 Å². The molecule has 168 valence electrons. The summed E-state index contributed by atoms with van der Waals surface area (Å²) in [6.07, 6.45) is 2.88. The monoisotopic (exact) mass is 470 g/mol. The van der Waals surface area contributed by atoms with Gasteiger partial charge in [-0.15, -0.1) is 0 Å². The number of rotatable bonds is 9. The molecule has 3 rings (SSSR count). The zero-order valence-electron chi connectivity index (χ0n) is 18.2. The highest BCUT2D eigenvalue weighted by molar-refractivity contribution is 7.92. The fourth-order valence-corrected chi connectivity index (χ4v) is 4.39. The third-order valence-electron chi connectivity index (χ3n) is 5.14. The van der Waals surface area contributed by atoms with Crippen LogP contribution < -0.4 is 9.62 Å². The molecule has 3 aromatic rings. The second-order valence-corrected chi connectivity index (χ2v) is 10.1. The van der Waals surface area contributed by atoms with Gasteiger partial charge in [-0.1, -0.05) is 59.6 Å². The summed E-state index contributed by atoms with van der Waals surface area (Å²) in [5.41, 5.74) is 4.13. The lowest BCUT2D eigenvalue weighted by molar-refractivity contribution is 0.0953. The molecule has 0 radical (unpaired) electrons. The molecule has 0 aliphatic carbocycles. The molecule has 0 atom stereocenters. The van der Waals surface area contributed by atoms with E-state index in [4.69, 9.17) is 11.6 Å². The van der Waals surface area contributed by atoms with E-state index >= 15 is 0 Å². The summed E-state index contributed by atoms with van der Waals surface area (Å²) in [7, 11) is -3.54. The Bertz CT molecular complexity index is 1160. The third kappa shape index (κ3) is 6.58. The Morgan fingerprint density at radius 1 is 0.969 bits per heavy atom. The highest BCUT2D eigenvalue weighted by atomic mass is 35.5. The molecule has 0 aliphatic rings.